The van der Waals surface area contributed by atoms with E-state index < -0.39 is 17.7 Å². The Balaban J connectivity index is 2.79. The van der Waals surface area contributed by atoms with E-state index in [1.807, 2.05) is 19.9 Å². The number of hydrogen-bond acceptors (Lipinski definition) is 4. The summed E-state index contributed by atoms with van der Waals surface area (Å²) < 4.78 is 0. The molecule has 1 aromatic carbocycles. The monoisotopic (exact) mass is 292 g/mol. The van der Waals surface area contributed by atoms with Gasteiger partial charge in [0.05, 0.1) is 11.5 Å². The van der Waals surface area contributed by atoms with Crippen LogP contribution in [0.15, 0.2) is 29.8 Å². The highest BCUT2D eigenvalue weighted by Crippen LogP contribution is 2.25. The van der Waals surface area contributed by atoms with Crippen molar-refractivity contribution in [3.8, 4) is 11.5 Å². The predicted octanol–water partition coefficient (Wildman–Crippen LogP) is 3.12. The van der Waals surface area contributed by atoms with E-state index in [0.29, 0.717) is 12.8 Å². The van der Waals surface area contributed by atoms with Gasteiger partial charge in [0.2, 0.25) is 0 Å². The molecule has 3 N–H and O–H groups in total. The molecule has 0 saturated carbocycles. The lowest BCUT2D eigenvalue weighted by Gasteiger charge is -2.11. The topological polar surface area (TPSA) is 94.8 Å². The molecule has 0 amide bonds. The maximum absolute atomic E-state index is 12.1. The van der Waals surface area contributed by atoms with E-state index in [4.69, 9.17) is 0 Å². The third-order valence-corrected chi connectivity index (χ3v) is 3.13. The van der Waals surface area contributed by atoms with Gasteiger partial charge in [-0.15, -0.1) is 0 Å². The van der Waals surface area contributed by atoms with Crippen molar-refractivity contribution in [2.24, 2.45) is 5.92 Å². The fraction of sp³-hybridized carbons (Fsp3) is 0.375. The zero-order chi connectivity index (χ0) is 16.0. The number of carboxylic acids is 1. The van der Waals surface area contributed by atoms with Gasteiger partial charge in [0.15, 0.2) is 5.78 Å². The number of benzene rings is 1. The van der Waals surface area contributed by atoms with E-state index >= 15 is 0 Å². The van der Waals surface area contributed by atoms with E-state index in [0.717, 1.165) is 11.6 Å². The van der Waals surface area contributed by atoms with Crippen molar-refractivity contribution in [1.82, 2.24) is 0 Å². The molecule has 1 atom stereocenters. The molecule has 1 rings (SSSR count). The number of phenols is 2. The lowest BCUT2D eigenvalue weighted by Crippen LogP contribution is -2.18. The third kappa shape index (κ3) is 5.30. The van der Waals surface area contributed by atoms with Crippen molar-refractivity contribution in [1.29, 1.82) is 0 Å². The number of allylic oxidation sites excluding steroid dienone is 2. The van der Waals surface area contributed by atoms with Crippen LogP contribution in [-0.4, -0.2) is 27.1 Å². The Kier molecular flexibility index (Phi) is 5.96. The molecule has 0 aliphatic rings. The number of ketones is 1. The molecule has 0 spiro atoms. The molecule has 0 bridgehead atoms. The maximum atomic E-state index is 12.1. The lowest BCUT2D eigenvalue weighted by atomic mass is 9.93. The van der Waals surface area contributed by atoms with Crippen LogP contribution in [0.1, 0.15) is 43.5 Å². The first-order valence-corrected chi connectivity index (χ1v) is 6.72. The fourth-order valence-corrected chi connectivity index (χ4v) is 1.97. The molecule has 1 aromatic rings. The number of phenolic OH excluding ortho intramolecular Hbond substituents is 2. The second kappa shape index (κ2) is 7.47. The van der Waals surface area contributed by atoms with Crippen LogP contribution in [-0.2, 0) is 4.79 Å². The highest BCUT2D eigenvalue weighted by Gasteiger charge is 2.23. The minimum atomic E-state index is -1.04. The predicted molar refractivity (Wildman–Crippen MR) is 78.5 cm³/mol. The zero-order valence-corrected chi connectivity index (χ0v) is 12.2. The highest BCUT2D eigenvalue weighted by atomic mass is 16.4. The number of Topliss-reactive ketones (excluding diaryl/α,β-unsaturated/α-hetero) is 1. The number of carbonyl (C=O) groups excluding carboxylic acids is 1. The van der Waals surface area contributed by atoms with Crippen molar-refractivity contribution in [3.63, 3.8) is 0 Å². The summed E-state index contributed by atoms with van der Waals surface area (Å²) in [6.07, 6.45) is 2.65. The molecule has 0 heterocycles. The van der Waals surface area contributed by atoms with Gasteiger partial charge in [-0.3, -0.25) is 9.59 Å². The van der Waals surface area contributed by atoms with Crippen molar-refractivity contribution in [3.05, 3.63) is 35.4 Å². The summed E-state index contributed by atoms with van der Waals surface area (Å²) in [6.45, 7) is 3.84. The number of hydrogen-bond donors (Lipinski definition) is 3. The summed E-state index contributed by atoms with van der Waals surface area (Å²) in [4.78, 5) is 23.3. The summed E-state index contributed by atoms with van der Waals surface area (Å²) >= 11 is 0. The van der Waals surface area contributed by atoms with Crippen LogP contribution >= 0.6 is 0 Å². The first-order chi connectivity index (χ1) is 9.81. The summed E-state index contributed by atoms with van der Waals surface area (Å²) in [7, 11) is 0. The molecule has 21 heavy (non-hydrogen) atoms. The van der Waals surface area contributed by atoms with Crippen molar-refractivity contribution >= 4 is 11.8 Å². The van der Waals surface area contributed by atoms with Crippen molar-refractivity contribution < 1.29 is 24.9 Å². The smallest absolute Gasteiger partial charge is 0.306 e. The van der Waals surface area contributed by atoms with Gasteiger partial charge in [0, 0.05) is 6.42 Å². The fourth-order valence-electron chi connectivity index (χ4n) is 1.97. The van der Waals surface area contributed by atoms with Gasteiger partial charge in [-0.25, -0.2) is 0 Å². The summed E-state index contributed by atoms with van der Waals surface area (Å²) in [5.74, 6) is -2.74. The number of rotatable bonds is 7. The molecule has 0 saturated heterocycles. The Hall–Kier alpha value is -2.30. The standard InChI is InChI=1S/C16H20O5/c1-10(2)4-3-5-11(16(20)21)8-15(19)13-9-12(17)6-7-14(13)18/h4,6-7,9,11,17-18H,3,5,8H2,1-2H3,(H,20,21)/t11-/m0/s1. The SMILES string of the molecule is CC(C)=CCC[C@@H](CC(=O)c1cc(O)ccc1O)C(=O)O. The van der Waals surface area contributed by atoms with E-state index in [2.05, 4.69) is 0 Å². The number of carboxylic acid groups (broad SMARTS) is 1. The molecule has 5 heteroatoms. The van der Waals surface area contributed by atoms with Crippen LogP contribution in [0.4, 0.5) is 0 Å². The molecule has 0 fully saturated rings. The van der Waals surface area contributed by atoms with E-state index in [-0.39, 0.29) is 23.5 Å². The average molecular weight is 292 g/mol. The molecule has 0 aromatic heterocycles. The highest BCUT2D eigenvalue weighted by molar-refractivity contribution is 6.00. The van der Waals surface area contributed by atoms with Crippen molar-refractivity contribution in [2.45, 2.75) is 33.1 Å². The quantitative estimate of drug-likeness (QED) is 0.408. The van der Waals surface area contributed by atoms with E-state index in [9.17, 15) is 24.9 Å². The third-order valence-electron chi connectivity index (χ3n) is 3.13. The Bertz CT molecular complexity index is 556. The van der Waals surface area contributed by atoms with Crippen LogP contribution in [0.3, 0.4) is 0 Å². The Morgan fingerprint density at radius 3 is 2.48 bits per heavy atom. The van der Waals surface area contributed by atoms with E-state index in [1.54, 1.807) is 0 Å². The van der Waals surface area contributed by atoms with Gasteiger partial charge in [-0.05, 0) is 44.9 Å². The summed E-state index contributed by atoms with van der Waals surface area (Å²) in [6, 6.07) is 3.61. The molecule has 0 aliphatic carbocycles. The summed E-state index contributed by atoms with van der Waals surface area (Å²) in [5.41, 5.74) is 1.04. The first-order valence-electron chi connectivity index (χ1n) is 6.72. The van der Waals surface area contributed by atoms with Gasteiger partial charge in [-0.2, -0.15) is 0 Å². The van der Waals surface area contributed by atoms with Crippen molar-refractivity contribution in [2.75, 3.05) is 0 Å². The van der Waals surface area contributed by atoms with Gasteiger partial charge in [-0.1, -0.05) is 11.6 Å². The average Bonchev–Trinajstić information content (AvgIpc) is 2.39. The Morgan fingerprint density at radius 2 is 1.90 bits per heavy atom. The molecule has 5 nitrogen and oxygen atoms in total. The maximum Gasteiger partial charge on any atom is 0.306 e. The molecule has 0 aliphatic heterocycles. The molecule has 0 radical (unpaired) electrons. The number of aromatic hydroxyl groups is 2. The molecule has 0 unspecified atom stereocenters. The normalized spacial score (nSPS) is 11.7. The zero-order valence-electron chi connectivity index (χ0n) is 12.2. The van der Waals surface area contributed by atoms with Crippen LogP contribution < -0.4 is 0 Å². The first kappa shape index (κ1) is 16.8. The van der Waals surface area contributed by atoms with Gasteiger partial charge < -0.3 is 15.3 Å². The van der Waals surface area contributed by atoms with Crippen LogP contribution in [0.25, 0.3) is 0 Å². The van der Waals surface area contributed by atoms with Crippen LogP contribution in [0.2, 0.25) is 0 Å². The second-order valence-electron chi connectivity index (χ2n) is 5.22. The number of aliphatic carboxylic acids is 1. The van der Waals surface area contributed by atoms with Crippen LogP contribution in [0, 0.1) is 5.92 Å². The summed E-state index contributed by atoms with van der Waals surface area (Å²) in [5, 5.41) is 28.1. The Labute approximate surface area is 123 Å². The van der Waals surface area contributed by atoms with E-state index in [1.165, 1.54) is 12.1 Å². The molecular weight excluding hydrogens is 272 g/mol. The van der Waals surface area contributed by atoms with Crippen LogP contribution in [0.5, 0.6) is 11.5 Å². The largest absolute Gasteiger partial charge is 0.508 e. The second-order valence-corrected chi connectivity index (χ2v) is 5.22. The van der Waals surface area contributed by atoms with Gasteiger partial charge >= 0.3 is 5.97 Å². The lowest BCUT2D eigenvalue weighted by molar-refractivity contribution is -0.141. The molecular formula is C16H20O5. The molecule has 114 valence electrons. The minimum Gasteiger partial charge on any atom is -0.508 e. The van der Waals surface area contributed by atoms with Gasteiger partial charge in [0.25, 0.3) is 0 Å². The number of carbonyl (C=O) groups is 2. The Morgan fingerprint density at radius 1 is 1.24 bits per heavy atom. The minimum absolute atomic E-state index is 0.0523. The van der Waals surface area contributed by atoms with Gasteiger partial charge in [0.1, 0.15) is 11.5 Å².